The first-order valence-electron chi connectivity index (χ1n) is 15.2. The number of H-pyrrole nitrogens is 1. The monoisotopic (exact) mass is 664 g/mol. The highest BCUT2D eigenvalue weighted by Gasteiger charge is 2.38. The topological polar surface area (TPSA) is 159 Å². The number of aromatic amines is 1. The van der Waals surface area contributed by atoms with Crippen LogP contribution in [0, 0.1) is 6.92 Å². The summed E-state index contributed by atoms with van der Waals surface area (Å²) >= 11 is 0. The Bertz CT molecular complexity index is 1920. The number of ether oxygens (including phenoxy) is 3. The quantitative estimate of drug-likeness (QED) is 0.158. The molecule has 1 saturated heterocycles. The van der Waals surface area contributed by atoms with Crippen molar-refractivity contribution in [1.82, 2.24) is 9.88 Å². The molecule has 4 aromatic rings. The third kappa shape index (κ3) is 6.53. The summed E-state index contributed by atoms with van der Waals surface area (Å²) in [6.07, 6.45) is 0.441. The van der Waals surface area contributed by atoms with Gasteiger partial charge in [-0.05, 0) is 87.2 Å². The van der Waals surface area contributed by atoms with E-state index in [0.29, 0.717) is 58.8 Å². The average molecular weight is 665 g/mol. The predicted octanol–water partition coefficient (Wildman–Crippen LogP) is 6.08. The van der Waals surface area contributed by atoms with Gasteiger partial charge in [0.15, 0.2) is 27.2 Å². The van der Waals surface area contributed by atoms with Gasteiger partial charge < -0.3 is 34.5 Å². The largest absolute Gasteiger partial charge is 0.494 e. The van der Waals surface area contributed by atoms with Gasteiger partial charge in [-0.15, -0.1) is 0 Å². The Morgan fingerprint density at radius 2 is 1.68 bits per heavy atom. The van der Waals surface area contributed by atoms with Crippen molar-refractivity contribution in [2.24, 2.45) is 0 Å². The van der Waals surface area contributed by atoms with Crippen LogP contribution in [0.5, 0.6) is 17.4 Å². The second-order valence-electron chi connectivity index (χ2n) is 11.7. The molecule has 2 atom stereocenters. The zero-order valence-corrected chi connectivity index (χ0v) is 28.0. The summed E-state index contributed by atoms with van der Waals surface area (Å²) in [5.74, 6) is 0.653. The number of methoxy groups -OCH3 is 3. The first-order chi connectivity index (χ1) is 22.4. The number of hydrogen-bond acceptors (Lipinski definition) is 9. The Balaban J connectivity index is 1.60. The van der Waals surface area contributed by atoms with Gasteiger partial charge in [-0.25, -0.2) is 13.2 Å². The number of carbonyl (C=O) groups is 2. The lowest BCUT2D eigenvalue weighted by atomic mass is 10.0. The van der Waals surface area contributed by atoms with Gasteiger partial charge in [0, 0.05) is 34.4 Å². The molecule has 0 saturated carbocycles. The number of aromatic hydroxyl groups is 1. The molecule has 1 aliphatic rings. The van der Waals surface area contributed by atoms with Gasteiger partial charge in [-0.2, -0.15) is 0 Å². The molecule has 1 aliphatic heterocycles. The number of carbonyl (C=O) groups excluding carboxylic acids is 2. The second-order valence-corrected chi connectivity index (χ2v) is 14.2. The van der Waals surface area contributed by atoms with E-state index in [9.17, 15) is 23.1 Å². The average Bonchev–Trinajstić information content (AvgIpc) is 3.66. The number of sulfone groups is 1. The molecule has 0 bridgehead atoms. The van der Waals surface area contributed by atoms with Crippen LogP contribution in [-0.4, -0.2) is 68.5 Å². The van der Waals surface area contributed by atoms with Gasteiger partial charge >= 0.3 is 6.09 Å². The van der Waals surface area contributed by atoms with E-state index in [4.69, 9.17) is 14.2 Å². The number of aromatic nitrogens is 1. The zero-order chi connectivity index (χ0) is 34.0. The van der Waals surface area contributed by atoms with Gasteiger partial charge in [0.05, 0.1) is 37.5 Å². The zero-order valence-electron chi connectivity index (χ0n) is 27.2. The van der Waals surface area contributed by atoms with Gasteiger partial charge in [-0.1, -0.05) is 12.1 Å². The number of amides is 2. The molecule has 2 amide bonds. The normalized spacial score (nSPS) is 15.5. The Morgan fingerprint density at radius 1 is 0.957 bits per heavy atom. The van der Waals surface area contributed by atoms with Crippen molar-refractivity contribution in [1.29, 1.82) is 0 Å². The fraction of sp³-hybridized carbons (Fsp3) is 0.353. The van der Waals surface area contributed by atoms with Crippen molar-refractivity contribution in [2.75, 3.05) is 38.5 Å². The van der Waals surface area contributed by atoms with Crippen LogP contribution in [0.4, 0.5) is 16.2 Å². The van der Waals surface area contributed by atoms with Crippen LogP contribution >= 0.6 is 0 Å². The maximum atomic E-state index is 14.7. The van der Waals surface area contributed by atoms with Crippen LogP contribution < -0.4 is 20.1 Å². The highest BCUT2D eigenvalue weighted by atomic mass is 32.2. The fourth-order valence-corrected chi connectivity index (χ4v) is 7.33. The molecule has 1 aromatic heterocycles. The number of rotatable bonds is 10. The lowest BCUT2D eigenvalue weighted by Gasteiger charge is -2.32. The van der Waals surface area contributed by atoms with Crippen LogP contribution in [0.3, 0.4) is 0 Å². The lowest BCUT2D eigenvalue weighted by molar-refractivity contribution is -0.133. The minimum Gasteiger partial charge on any atom is -0.494 e. The number of anilines is 2. The Kier molecular flexibility index (Phi) is 9.57. The molecule has 13 heteroatoms. The first kappa shape index (κ1) is 33.5. The lowest BCUT2D eigenvalue weighted by Crippen LogP contribution is -2.38. The molecule has 0 radical (unpaired) electrons. The summed E-state index contributed by atoms with van der Waals surface area (Å²) in [6.45, 7) is 5.45. The van der Waals surface area contributed by atoms with Crippen molar-refractivity contribution in [3.63, 3.8) is 0 Å². The van der Waals surface area contributed by atoms with E-state index in [1.54, 1.807) is 49.1 Å². The minimum absolute atomic E-state index is 0.0223. The van der Waals surface area contributed by atoms with E-state index < -0.39 is 33.3 Å². The van der Waals surface area contributed by atoms with Crippen molar-refractivity contribution in [3.8, 4) is 17.4 Å². The van der Waals surface area contributed by atoms with E-state index >= 15 is 0 Å². The number of likely N-dealkylation sites (tertiary alicyclic amines) is 1. The third-order valence-electron chi connectivity index (χ3n) is 8.55. The molecule has 0 aliphatic carbocycles. The smallest absolute Gasteiger partial charge is 0.411 e. The van der Waals surface area contributed by atoms with E-state index in [1.807, 2.05) is 19.1 Å². The van der Waals surface area contributed by atoms with Crippen LogP contribution in [-0.2, 0) is 19.4 Å². The van der Waals surface area contributed by atoms with Gasteiger partial charge in [0.25, 0.3) is 0 Å². The van der Waals surface area contributed by atoms with Crippen LogP contribution in [0.2, 0.25) is 0 Å². The van der Waals surface area contributed by atoms with E-state index in [0.717, 1.165) is 11.1 Å². The molecule has 47 heavy (non-hydrogen) atoms. The summed E-state index contributed by atoms with van der Waals surface area (Å²) in [6, 6.07) is 13.7. The van der Waals surface area contributed by atoms with E-state index in [-0.39, 0.29) is 16.7 Å². The molecule has 2 heterocycles. The Labute approximate surface area is 273 Å². The van der Waals surface area contributed by atoms with Gasteiger partial charge in [0.2, 0.25) is 5.91 Å². The van der Waals surface area contributed by atoms with Gasteiger partial charge in [-0.3, -0.25) is 10.1 Å². The van der Waals surface area contributed by atoms with Crippen molar-refractivity contribution in [3.05, 3.63) is 71.4 Å². The number of nitrogens with zero attached hydrogens (tertiary/aromatic N) is 1. The Hall–Kier alpha value is -4.91. The molecule has 0 spiro atoms. The number of aryl methyl sites for hydroxylation is 1. The van der Waals surface area contributed by atoms with Crippen molar-refractivity contribution in [2.45, 2.75) is 55.8 Å². The van der Waals surface area contributed by atoms with Crippen molar-refractivity contribution >= 4 is 44.0 Å². The SMILES string of the molecule is COC(=O)Nc1ccc(S(=O)(=O)C(C)C)c([C@H]2CCCN2C(=O)C(Nc2ccc3c(C)[nH]c(O)c3c2)c2ccc(OC)c(OC)c2)c1. The van der Waals surface area contributed by atoms with Crippen LogP contribution in [0.1, 0.15) is 55.6 Å². The highest BCUT2D eigenvalue weighted by molar-refractivity contribution is 7.92. The summed E-state index contributed by atoms with van der Waals surface area (Å²) in [4.78, 5) is 31.5. The summed E-state index contributed by atoms with van der Waals surface area (Å²) in [5.41, 5.74) is 2.75. The third-order valence-corrected chi connectivity index (χ3v) is 10.8. The predicted molar refractivity (Wildman–Crippen MR) is 179 cm³/mol. The van der Waals surface area contributed by atoms with E-state index in [1.165, 1.54) is 33.5 Å². The molecular weight excluding hydrogens is 624 g/mol. The first-order valence-corrected chi connectivity index (χ1v) is 16.8. The van der Waals surface area contributed by atoms with Crippen molar-refractivity contribution < 1.29 is 37.3 Å². The number of nitrogens with one attached hydrogen (secondary N) is 3. The molecule has 4 N–H and O–H groups in total. The Morgan fingerprint density at radius 3 is 2.36 bits per heavy atom. The van der Waals surface area contributed by atoms with Crippen LogP contribution in [0.15, 0.2) is 59.5 Å². The fourth-order valence-electron chi connectivity index (χ4n) is 6.04. The minimum atomic E-state index is -3.76. The standard InChI is InChI=1S/C34H40N4O8S/c1-19(2)47(42,43)30-14-11-23(37-34(41)46-6)18-26(30)27-8-7-15-38(27)33(40)31(21-9-13-28(44-4)29(16-21)45-5)36-22-10-12-24-20(3)35-32(39)25(24)17-22/h9-14,16-19,27,31,35-36,39H,7-8,15H2,1-6H3,(H,37,41)/t27-,31?/m1/s1. The van der Waals surface area contributed by atoms with E-state index in [2.05, 4.69) is 15.6 Å². The number of hydrogen-bond donors (Lipinski definition) is 4. The maximum absolute atomic E-state index is 14.7. The molecule has 5 rings (SSSR count). The molecular formula is C34H40N4O8S. The maximum Gasteiger partial charge on any atom is 0.411 e. The van der Waals surface area contributed by atoms with Crippen LogP contribution in [0.25, 0.3) is 10.8 Å². The summed E-state index contributed by atoms with van der Waals surface area (Å²) in [7, 11) is 0.520. The molecule has 3 aromatic carbocycles. The highest BCUT2D eigenvalue weighted by Crippen LogP contribution is 2.41. The molecule has 1 fully saturated rings. The molecule has 1 unspecified atom stereocenters. The molecule has 12 nitrogen and oxygen atoms in total. The second kappa shape index (κ2) is 13.4. The van der Waals surface area contributed by atoms with Gasteiger partial charge in [0.1, 0.15) is 6.04 Å². The number of benzene rings is 3. The summed E-state index contributed by atoms with van der Waals surface area (Å²) in [5, 5.41) is 17.2. The summed E-state index contributed by atoms with van der Waals surface area (Å²) < 4.78 is 42.9. The molecule has 250 valence electrons. The number of fused-ring (bicyclic) bond motifs is 1.